The van der Waals surface area contributed by atoms with E-state index in [0.29, 0.717) is 29.2 Å². The number of furan rings is 1. The van der Waals surface area contributed by atoms with Gasteiger partial charge in [-0.25, -0.2) is 0 Å². The molecule has 2 aromatic rings. The fourth-order valence-electron chi connectivity index (χ4n) is 2.85. The average molecular weight is 426 g/mol. The van der Waals surface area contributed by atoms with Crippen molar-refractivity contribution < 1.29 is 14.0 Å². The number of nitrogens with zero attached hydrogens (tertiary/aromatic N) is 1. The van der Waals surface area contributed by atoms with E-state index in [4.69, 9.17) is 16.0 Å². The third-order valence-corrected chi connectivity index (χ3v) is 4.93. The van der Waals surface area contributed by atoms with Gasteiger partial charge in [0, 0.05) is 24.2 Å². The summed E-state index contributed by atoms with van der Waals surface area (Å²) in [5, 5.41) is 3.62. The van der Waals surface area contributed by atoms with E-state index in [9.17, 15) is 9.59 Å². The van der Waals surface area contributed by atoms with Crippen LogP contribution in [0.2, 0.25) is 5.02 Å². The zero-order valence-corrected chi connectivity index (χ0v) is 15.8. The molecular formula is C18H18BrClN2O3. The van der Waals surface area contributed by atoms with Gasteiger partial charge in [0.15, 0.2) is 10.4 Å². The highest BCUT2D eigenvalue weighted by Crippen LogP contribution is 2.17. The largest absolute Gasteiger partial charge is 0.444 e. The number of carbonyl (C=O) groups excluding carboxylic acids is 2. The summed E-state index contributed by atoms with van der Waals surface area (Å²) in [4.78, 5) is 26.3. The van der Waals surface area contributed by atoms with Gasteiger partial charge in [-0.2, -0.15) is 0 Å². The summed E-state index contributed by atoms with van der Waals surface area (Å²) in [5.74, 6) is 0.159. The van der Waals surface area contributed by atoms with Gasteiger partial charge in [0.2, 0.25) is 5.91 Å². The molecule has 5 nitrogen and oxygen atoms in total. The van der Waals surface area contributed by atoms with Crippen LogP contribution in [0.15, 0.2) is 45.5 Å². The third kappa shape index (κ3) is 4.86. The van der Waals surface area contributed by atoms with Gasteiger partial charge in [0.05, 0.1) is 6.42 Å². The fraction of sp³-hybridized carbons (Fsp3) is 0.333. The number of hydrogen-bond acceptors (Lipinski definition) is 3. The standard InChI is InChI=1S/C18H18BrClN2O3/c19-16-6-5-15(25-16)18(24)21-14-7-9-22(10-8-14)17(23)11-12-1-3-13(20)4-2-12/h1-6,14H,7-11H2,(H,21,24). The Balaban J connectivity index is 1.47. The Labute approximate surface area is 159 Å². The van der Waals surface area contributed by atoms with Crippen molar-refractivity contribution in [1.29, 1.82) is 0 Å². The van der Waals surface area contributed by atoms with Gasteiger partial charge in [-0.3, -0.25) is 9.59 Å². The molecule has 25 heavy (non-hydrogen) atoms. The minimum atomic E-state index is -0.225. The second kappa shape index (κ2) is 8.06. The highest BCUT2D eigenvalue weighted by molar-refractivity contribution is 9.10. The van der Waals surface area contributed by atoms with Gasteiger partial charge in [0.1, 0.15) is 0 Å². The van der Waals surface area contributed by atoms with Gasteiger partial charge < -0.3 is 14.6 Å². The molecule has 1 aliphatic heterocycles. The molecule has 0 radical (unpaired) electrons. The number of hydrogen-bond donors (Lipinski definition) is 1. The van der Waals surface area contributed by atoms with Crippen molar-refractivity contribution in [3.05, 3.63) is 57.4 Å². The van der Waals surface area contributed by atoms with Crippen LogP contribution in [0.4, 0.5) is 0 Å². The summed E-state index contributed by atoms with van der Waals surface area (Å²) in [6.07, 6.45) is 1.84. The van der Waals surface area contributed by atoms with Crippen LogP contribution in [-0.4, -0.2) is 35.8 Å². The molecule has 0 spiro atoms. The third-order valence-electron chi connectivity index (χ3n) is 4.25. The summed E-state index contributed by atoms with van der Waals surface area (Å²) in [6.45, 7) is 1.28. The first-order chi connectivity index (χ1) is 12.0. The average Bonchev–Trinajstić information content (AvgIpc) is 3.04. The molecule has 0 aliphatic carbocycles. The predicted octanol–water partition coefficient (Wildman–Crippen LogP) is 3.66. The number of carbonyl (C=O) groups is 2. The molecule has 3 rings (SSSR count). The SMILES string of the molecule is O=C(NC1CCN(C(=O)Cc2ccc(Cl)cc2)CC1)c1ccc(Br)o1. The van der Waals surface area contributed by atoms with Crippen molar-refractivity contribution in [2.24, 2.45) is 0 Å². The lowest BCUT2D eigenvalue weighted by molar-refractivity contribution is -0.131. The monoisotopic (exact) mass is 424 g/mol. The molecule has 0 saturated carbocycles. The van der Waals surface area contributed by atoms with E-state index in [1.807, 2.05) is 17.0 Å². The van der Waals surface area contributed by atoms with E-state index in [2.05, 4.69) is 21.2 Å². The Bertz CT molecular complexity index is 752. The Kier molecular flexibility index (Phi) is 5.81. The highest BCUT2D eigenvalue weighted by Gasteiger charge is 2.24. The second-order valence-electron chi connectivity index (χ2n) is 6.04. The van der Waals surface area contributed by atoms with E-state index >= 15 is 0 Å². The van der Waals surface area contributed by atoms with Crippen molar-refractivity contribution in [2.45, 2.75) is 25.3 Å². The molecule has 1 fully saturated rings. The number of rotatable bonds is 4. The zero-order chi connectivity index (χ0) is 17.8. The molecule has 132 valence electrons. The number of amides is 2. The van der Waals surface area contributed by atoms with Crippen LogP contribution in [0, 0.1) is 0 Å². The quantitative estimate of drug-likeness (QED) is 0.813. The topological polar surface area (TPSA) is 62.6 Å². The summed E-state index contributed by atoms with van der Waals surface area (Å²) in [7, 11) is 0. The van der Waals surface area contributed by atoms with Gasteiger partial charge in [-0.1, -0.05) is 23.7 Å². The van der Waals surface area contributed by atoms with Gasteiger partial charge >= 0.3 is 0 Å². The lowest BCUT2D eigenvalue weighted by atomic mass is 10.0. The van der Waals surface area contributed by atoms with Crippen LogP contribution in [0.3, 0.4) is 0 Å². The number of halogens is 2. The maximum atomic E-state index is 12.4. The first-order valence-corrected chi connectivity index (χ1v) is 9.27. The first kappa shape index (κ1) is 18.0. The van der Waals surface area contributed by atoms with Crippen LogP contribution in [-0.2, 0) is 11.2 Å². The summed E-state index contributed by atoms with van der Waals surface area (Å²) in [5.41, 5.74) is 0.952. The van der Waals surface area contributed by atoms with Crippen molar-refractivity contribution in [2.75, 3.05) is 13.1 Å². The molecular weight excluding hydrogens is 408 g/mol. The van der Waals surface area contributed by atoms with Gasteiger partial charge in [-0.15, -0.1) is 0 Å². The number of benzene rings is 1. The summed E-state index contributed by atoms with van der Waals surface area (Å²) in [6, 6.07) is 10.7. The van der Waals surface area contributed by atoms with Gasteiger partial charge in [0.25, 0.3) is 5.91 Å². The van der Waals surface area contributed by atoms with E-state index in [1.54, 1.807) is 24.3 Å². The Morgan fingerprint density at radius 3 is 2.44 bits per heavy atom. The van der Waals surface area contributed by atoms with Crippen LogP contribution >= 0.6 is 27.5 Å². The Morgan fingerprint density at radius 1 is 1.16 bits per heavy atom. The smallest absolute Gasteiger partial charge is 0.287 e. The lowest BCUT2D eigenvalue weighted by Gasteiger charge is -2.32. The lowest BCUT2D eigenvalue weighted by Crippen LogP contribution is -2.46. The highest BCUT2D eigenvalue weighted by atomic mass is 79.9. The molecule has 2 amide bonds. The van der Waals surface area contributed by atoms with E-state index in [-0.39, 0.29) is 23.6 Å². The molecule has 0 atom stereocenters. The van der Waals surface area contributed by atoms with Crippen LogP contribution in [0.25, 0.3) is 0 Å². The number of piperidine rings is 1. The van der Waals surface area contributed by atoms with Crippen LogP contribution < -0.4 is 5.32 Å². The van der Waals surface area contributed by atoms with Crippen LogP contribution in [0.1, 0.15) is 29.0 Å². The van der Waals surface area contributed by atoms with Gasteiger partial charge in [-0.05, 0) is 58.6 Å². The first-order valence-electron chi connectivity index (χ1n) is 8.09. The Morgan fingerprint density at radius 2 is 1.84 bits per heavy atom. The van der Waals surface area contributed by atoms with Crippen molar-refractivity contribution in [3.8, 4) is 0 Å². The maximum Gasteiger partial charge on any atom is 0.287 e. The molecule has 2 heterocycles. The Hall–Kier alpha value is -1.79. The van der Waals surface area contributed by atoms with Crippen molar-refractivity contribution >= 4 is 39.3 Å². The molecule has 1 saturated heterocycles. The predicted molar refractivity (Wildman–Crippen MR) is 98.6 cm³/mol. The minimum absolute atomic E-state index is 0.0518. The molecule has 0 unspecified atom stereocenters. The molecule has 1 N–H and O–H groups in total. The normalized spacial score (nSPS) is 15.2. The van der Waals surface area contributed by atoms with E-state index in [0.717, 1.165) is 18.4 Å². The maximum absolute atomic E-state index is 12.4. The fourth-order valence-corrected chi connectivity index (χ4v) is 3.29. The summed E-state index contributed by atoms with van der Waals surface area (Å²) < 4.78 is 5.78. The minimum Gasteiger partial charge on any atom is -0.444 e. The zero-order valence-electron chi connectivity index (χ0n) is 13.5. The molecule has 0 bridgehead atoms. The summed E-state index contributed by atoms with van der Waals surface area (Å²) >= 11 is 9.04. The molecule has 1 aromatic carbocycles. The second-order valence-corrected chi connectivity index (χ2v) is 7.25. The molecule has 1 aromatic heterocycles. The molecule has 1 aliphatic rings. The van der Waals surface area contributed by atoms with E-state index in [1.165, 1.54) is 0 Å². The molecule has 7 heteroatoms. The number of nitrogens with one attached hydrogen (secondary N) is 1. The van der Waals surface area contributed by atoms with Crippen LogP contribution in [0.5, 0.6) is 0 Å². The number of likely N-dealkylation sites (tertiary alicyclic amines) is 1. The van der Waals surface area contributed by atoms with Crippen molar-refractivity contribution in [1.82, 2.24) is 10.2 Å². The van der Waals surface area contributed by atoms with E-state index < -0.39 is 0 Å². The van der Waals surface area contributed by atoms with Crippen molar-refractivity contribution in [3.63, 3.8) is 0 Å².